The number of benzene rings is 2. The van der Waals surface area contributed by atoms with Crippen LogP contribution in [0, 0.1) is 5.82 Å². The van der Waals surface area contributed by atoms with Crippen LogP contribution in [0.15, 0.2) is 48.2 Å². The van der Waals surface area contributed by atoms with E-state index in [0.717, 1.165) is 0 Å². The Morgan fingerprint density at radius 1 is 1.27 bits per heavy atom. The molecule has 0 saturated carbocycles. The standard InChI is InChI=1S/C16H10ClFO4/c17-11-6-5-10(7-12(11)18)15-14(22-16(19)20)8-9-3-1-2-4-13(9)21-15/h1-8,15H,(H,19,20). The molecular weight excluding hydrogens is 311 g/mol. The second-order valence-electron chi connectivity index (χ2n) is 4.62. The molecule has 0 aromatic heterocycles. The summed E-state index contributed by atoms with van der Waals surface area (Å²) in [4.78, 5) is 10.9. The van der Waals surface area contributed by atoms with Crippen LogP contribution in [0.25, 0.3) is 6.08 Å². The van der Waals surface area contributed by atoms with Crippen LogP contribution in [-0.2, 0) is 4.74 Å². The van der Waals surface area contributed by atoms with Crippen LogP contribution in [0.3, 0.4) is 0 Å². The summed E-state index contributed by atoms with van der Waals surface area (Å²) in [6.07, 6.45) is -0.768. The number of para-hydroxylation sites is 1. The lowest BCUT2D eigenvalue weighted by Crippen LogP contribution is -2.18. The van der Waals surface area contributed by atoms with Crippen molar-refractivity contribution < 1.29 is 23.8 Å². The minimum atomic E-state index is -1.46. The molecule has 1 heterocycles. The molecule has 1 N–H and O–H groups in total. The number of fused-ring (bicyclic) bond motifs is 1. The van der Waals surface area contributed by atoms with Crippen LogP contribution in [-0.4, -0.2) is 11.3 Å². The first-order chi connectivity index (χ1) is 10.5. The van der Waals surface area contributed by atoms with E-state index in [1.807, 2.05) is 0 Å². The monoisotopic (exact) mass is 320 g/mol. The van der Waals surface area contributed by atoms with E-state index in [-0.39, 0.29) is 10.8 Å². The van der Waals surface area contributed by atoms with Crippen LogP contribution >= 0.6 is 11.6 Å². The number of hydrogen-bond donors (Lipinski definition) is 1. The highest BCUT2D eigenvalue weighted by atomic mass is 35.5. The van der Waals surface area contributed by atoms with E-state index < -0.39 is 18.1 Å². The summed E-state index contributed by atoms with van der Waals surface area (Å²) < 4.78 is 24.2. The van der Waals surface area contributed by atoms with Crippen molar-refractivity contribution in [2.24, 2.45) is 0 Å². The van der Waals surface area contributed by atoms with Gasteiger partial charge in [-0.2, -0.15) is 0 Å². The molecule has 6 heteroatoms. The Kier molecular flexibility index (Phi) is 3.73. The van der Waals surface area contributed by atoms with Gasteiger partial charge in [-0.25, -0.2) is 9.18 Å². The lowest BCUT2D eigenvalue weighted by Gasteiger charge is -2.26. The quantitative estimate of drug-likeness (QED) is 0.818. The van der Waals surface area contributed by atoms with Gasteiger partial charge in [0.15, 0.2) is 11.9 Å². The molecule has 1 unspecified atom stereocenters. The second-order valence-corrected chi connectivity index (χ2v) is 5.03. The van der Waals surface area contributed by atoms with Gasteiger partial charge in [0.25, 0.3) is 0 Å². The third kappa shape index (κ3) is 2.76. The topological polar surface area (TPSA) is 55.8 Å². The van der Waals surface area contributed by atoms with Crippen LogP contribution in [0.1, 0.15) is 17.2 Å². The Morgan fingerprint density at radius 2 is 2.05 bits per heavy atom. The zero-order valence-electron chi connectivity index (χ0n) is 11.1. The molecule has 0 radical (unpaired) electrons. The SMILES string of the molecule is O=C(O)OC1=Cc2ccccc2OC1c1ccc(Cl)c(F)c1. The molecule has 0 spiro atoms. The van der Waals surface area contributed by atoms with Gasteiger partial charge in [0.2, 0.25) is 0 Å². The third-order valence-corrected chi connectivity index (χ3v) is 3.48. The fraction of sp³-hybridized carbons (Fsp3) is 0.0625. The van der Waals surface area contributed by atoms with Gasteiger partial charge in [-0.05, 0) is 24.3 Å². The fourth-order valence-corrected chi connectivity index (χ4v) is 2.33. The molecule has 1 aliphatic rings. The predicted molar refractivity (Wildman–Crippen MR) is 78.3 cm³/mol. The Bertz CT molecular complexity index is 772. The first kappa shape index (κ1) is 14.4. The van der Waals surface area contributed by atoms with Gasteiger partial charge in [0, 0.05) is 11.1 Å². The average molecular weight is 321 g/mol. The number of carboxylic acid groups (broad SMARTS) is 1. The third-order valence-electron chi connectivity index (χ3n) is 3.17. The normalized spacial score (nSPS) is 16.3. The Labute approximate surface area is 130 Å². The van der Waals surface area contributed by atoms with E-state index in [1.165, 1.54) is 12.1 Å². The molecule has 2 aromatic rings. The molecule has 112 valence electrons. The summed E-state index contributed by atoms with van der Waals surface area (Å²) in [6, 6.07) is 11.2. The molecule has 2 aromatic carbocycles. The largest absolute Gasteiger partial charge is 0.511 e. The van der Waals surface area contributed by atoms with Crippen molar-refractivity contribution >= 4 is 23.8 Å². The van der Waals surface area contributed by atoms with Crippen LogP contribution in [0.2, 0.25) is 5.02 Å². The molecule has 0 bridgehead atoms. The highest BCUT2D eigenvalue weighted by Gasteiger charge is 2.28. The van der Waals surface area contributed by atoms with Crippen molar-refractivity contribution in [2.75, 3.05) is 0 Å². The van der Waals surface area contributed by atoms with Crippen molar-refractivity contribution in [3.63, 3.8) is 0 Å². The van der Waals surface area contributed by atoms with Gasteiger partial charge in [-0.3, -0.25) is 0 Å². The smallest absolute Gasteiger partial charge is 0.477 e. The van der Waals surface area contributed by atoms with Crippen LogP contribution in [0.4, 0.5) is 9.18 Å². The van der Waals surface area contributed by atoms with Crippen molar-refractivity contribution in [2.45, 2.75) is 6.10 Å². The zero-order valence-corrected chi connectivity index (χ0v) is 11.9. The predicted octanol–water partition coefficient (Wildman–Crippen LogP) is 4.65. The first-order valence-corrected chi connectivity index (χ1v) is 6.75. The first-order valence-electron chi connectivity index (χ1n) is 6.37. The second kappa shape index (κ2) is 5.69. The van der Waals surface area contributed by atoms with Crippen molar-refractivity contribution in [3.8, 4) is 5.75 Å². The number of hydrogen-bond acceptors (Lipinski definition) is 3. The van der Waals surface area contributed by atoms with E-state index in [0.29, 0.717) is 16.9 Å². The summed E-state index contributed by atoms with van der Waals surface area (Å²) >= 11 is 5.67. The molecule has 0 aliphatic carbocycles. The van der Waals surface area contributed by atoms with E-state index in [2.05, 4.69) is 0 Å². The zero-order chi connectivity index (χ0) is 15.7. The van der Waals surface area contributed by atoms with Gasteiger partial charge in [0.05, 0.1) is 5.02 Å². The highest BCUT2D eigenvalue weighted by molar-refractivity contribution is 6.30. The molecule has 1 aliphatic heterocycles. The molecule has 1 atom stereocenters. The van der Waals surface area contributed by atoms with Gasteiger partial charge in [-0.15, -0.1) is 0 Å². The summed E-state index contributed by atoms with van der Waals surface area (Å²) in [7, 11) is 0. The molecular formula is C16H10ClFO4. The molecule has 3 rings (SSSR count). The fourth-order valence-electron chi connectivity index (χ4n) is 2.21. The molecule has 4 nitrogen and oxygen atoms in total. The average Bonchev–Trinajstić information content (AvgIpc) is 2.49. The molecule has 0 amide bonds. The maximum atomic E-state index is 13.7. The minimum absolute atomic E-state index is 0.0235. The number of ether oxygens (including phenoxy) is 2. The van der Waals surface area contributed by atoms with Gasteiger partial charge in [0.1, 0.15) is 11.6 Å². The lowest BCUT2D eigenvalue weighted by molar-refractivity contribution is 0.0899. The van der Waals surface area contributed by atoms with Gasteiger partial charge >= 0.3 is 6.16 Å². The van der Waals surface area contributed by atoms with Gasteiger partial charge in [-0.1, -0.05) is 35.9 Å². The van der Waals surface area contributed by atoms with Crippen molar-refractivity contribution in [1.82, 2.24) is 0 Å². The number of halogens is 2. The van der Waals surface area contributed by atoms with Crippen LogP contribution in [0.5, 0.6) is 5.75 Å². The van der Waals surface area contributed by atoms with Gasteiger partial charge < -0.3 is 14.6 Å². The lowest BCUT2D eigenvalue weighted by atomic mass is 10.0. The van der Waals surface area contributed by atoms with E-state index >= 15 is 0 Å². The molecule has 0 fully saturated rings. The summed E-state index contributed by atoms with van der Waals surface area (Å²) in [6.45, 7) is 0. The van der Waals surface area contributed by atoms with E-state index in [9.17, 15) is 9.18 Å². The molecule has 0 saturated heterocycles. The Morgan fingerprint density at radius 3 is 2.77 bits per heavy atom. The number of rotatable bonds is 2. The van der Waals surface area contributed by atoms with Crippen molar-refractivity contribution in [3.05, 3.63) is 70.2 Å². The van der Waals surface area contributed by atoms with Crippen molar-refractivity contribution in [1.29, 1.82) is 0 Å². The van der Waals surface area contributed by atoms with E-state index in [1.54, 1.807) is 36.4 Å². The van der Waals surface area contributed by atoms with E-state index in [4.69, 9.17) is 26.2 Å². The highest BCUT2D eigenvalue weighted by Crippen LogP contribution is 2.38. The summed E-state index contributed by atoms with van der Waals surface area (Å²) in [5.41, 5.74) is 1.09. The Hall–Kier alpha value is -2.53. The maximum Gasteiger partial charge on any atom is 0.511 e. The Balaban J connectivity index is 2.05. The minimum Gasteiger partial charge on any atom is -0.477 e. The van der Waals surface area contributed by atoms with Crippen LogP contribution < -0.4 is 4.74 Å². The summed E-state index contributed by atoms with van der Waals surface area (Å²) in [5, 5.41) is 8.84. The summed E-state index contributed by atoms with van der Waals surface area (Å²) in [5.74, 6) is 0.00446. The maximum absolute atomic E-state index is 13.7. The molecule has 22 heavy (non-hydrogen) atoms. The number of carbonyl (C=O) groups is 1.